The molecule has 1 aromatic carbocycles. The molecular formula is C9H5BrF2N2. The molecule has 1 aromatic heterocycles. The molecule has 2 aromatic rings. The van der Waals surface area contributed by atoms with Crippen molar-refractivity contribution in [3.8, 4) is 5.69 Å². The molecule has 0 amide bonds. The van der Waals surface area contributed by atoms with E-state index < -0.39 is 5.82 Å². The van der Waals surface area contributed by atoms with Crippen LogP contribution in [0.5, 0.6) is 0 Å². The Labute approximate surface area is 87.3 Å². The molecule has 0 saturated heterocycles. The molecule has 72 valence electrons. The first-order valence-electron chi connectivity index (χ1n) is 3.83. The Morgan fingerprint density at radius 1 is 1.14 bits per heavy atom. The molecule has 1 heterocycles. The highest BCUT2D eigenvalue weighted by Crippen LogP contribution is 2.15. The Hall–Kier alpha value is -1.23. The fraction of sp³-hybridized carbons (Fsp3) is 0. The zero-order chi connectivity index (χ0) is 10.1. The van der Waals surface area contributed by atoms with E-state index in [-0.39, 0.29) is 10.4 Å². The van der Waals surface area contributed by atoms with Gasteiger partial charge in [-0.3, -0.25) is 0 Å². The van der Waals surface area contributed by atoms with Gasteiger partial charge in [-0.2, -0.15) is 5.10 Å². The summed E-state index contributed by atoms with van der Waals surface area (Å²) >= 11 is 2.95. The minimum atomic E-state index is -0.450. The first-order chi connectivity index (χ1) is 6.66. The zero-order valence-electron chi connectivity index (χ0n) is 6.92. The van der Waals surface area contributed by atoms with Crippen LogP contribution >= 0.6 is 15.9 Å². The van der Waals surface area contributed by atoms with Crippen LogP contribution in [-0.4, -0.2) is 9.78 Å². The maximum absolute atomic E-state index is 12.9. The second-order valence-electron chi connectivity index (χ2n) is 2.69. The predicted octanol–water partition coefficient (Wildman–Crippen LogP) is 2.91. The summed E-state index contributed by atoms with van der Waals surface area (Å²) in [5.41, 5.74) is 0.607. The zero-order valence-corrected chi connectivity index (χ0v) is 8.50. The van der Waals surface area contributed by atoms with E-state index in [9.17, 15) is 8.78 Å². The first-order valence-corrected chi connectivity index (χ1v) is 4.63. The largest absolute Gasteiger partial charge is 0.237 e. The van der Waals surface area contributed by atoms with Gasteiger partial charge in [-0.05, 0) is 40.2 Å². The molecule has 0 aliphatic heterocycles. The number of rotatable bonds is 1. The van der Waals surface area contributed by atoms with E-state index in [1.165, 1.54) is 35.1 Å². The van der Waals surface area contributed by atoms with Gasteiger partial charge >= 0.3 is 0 Å². The predicted molar refractivity (Wildman–Crippen MR) is 51.2 cm³/mol. The van der Waals surface area contributed by atoms with Gasteiger partial charge in [0.2, 0.25) is 0 Å². The van der Waals surface area contributed by atoms with Gasteiger partial charge in [0.05, 0.1) is 11.9 Å². The van der Waals surface area contributed by atoms with Gasteiger partial charge in [-0.25, -0.2) is 13.5 Å². The van der Waals surface area contributed by atoms with Crippen LogP contribution in [0.25, 0.3) is 5.69 Å². The van der Waals surface area contributed by atoms with Crippen LogP contribution < -0.4 is 0 Å². The third-order valence-corrected chi connectivity index (χ3v) is 2.26. The molecule has 5 heteroatoms. The van der Waals surface area contributed by atoms with Gasteiger partial charge < -0.3 is 0 Å². The molecule has 0 radical (unpaired) electrons. The molecule has 14 heavy (non-hydrogen) atoms. The van der Waals surface area contributed by atoms with Crippen molar-refractivity contribution in [2.24, 2.45) is 0 Å². The summed E-state index contributed by atoms with van der Waals surface area (Å²) in [7, 11) is 0. The number of nitrogens with zero attached hydrogens (tertiary/aromatic N) is 2. The Kier molecular flexibility index (Phi) is 2.33. The summed E-state index contributed by atoms with van der Waals surface area (Å²) in [6.45, 7) is 0. The lowest BCUT2D eigenvalue weighted by atomic mass is 10.3. The summed E-state index contributed by atoms with van der Waals surface area (Å²) < 4.78 is 26.9. The molecule has 0 aliphatic carbocycles. The average Bonchev–Trinajstić information content (AvgIpc) is 2.48. The fourth-order valence-corrected chi connectivity index (χ4v) is 1.33. The average molecular weight is 259 g/mol. The van der Waals surface area contributed by atoms with E-state index in [1.54, 1.807) is 0 Å². The van der Waals surface area contributed by atoms with Crippen molar-refractivity contribution >= 4 is 15.9 Å². The number of hydrogen-bond donors (Lipinski definition) is 0. The minimum Gasteiger partial charge on any atom is -0.237 e. The summed E-state index contributed by atoms with van der Waals surface area (Å²) in [5.74, 6) is -0.783. The fourth-order valence-electron chi connectivity index (χ4n) is 1.06. The third-order valence-electron chi connectivity index (χ3n) is 1.72. The second-order valence-corrected chi connectivity index (χ2v) is 3.44. The monoisotopic (exact) mass is 258 g/mol. The summed E-state index contributed by atoms with van der Waals surface area (Å²) in [4.78, 5) is 0. The van der Waals surface area contributed by atoms with Gasteiger partial charge in [-0.1, -0.05) is 0 Å². The SMILES string of the molecule is Fc1ccc(-n2cc(F)c(Br)n2)cc1. The normalized spacial score (nSPS) is 10.5. The molecule has 2 rings (SSSR count). The Bertz CT molecular complexity index is 431. The van der Waals surface area contributed by atoms with E-state index in [0.29, 0.717) is 5.69 Å². The van der Waals surface area contributed by atoms with Crippen molar-refractivity contribution in [2.75, 3.05) is 0 Å². The van der Waals surface area contributed by atoms with E-state index in [2.05, 4.69) is 21.0 Å². The van der Waals surface area contributed by atoms with E-state index in [0.717, 1.165) is 0 Å². The van der Waals surface area contributed by atoms with Crippen molar-refractivity contribution in [1.82, 2.24) is 9.78 Å². The van der Waals surface area contributed by atoms with Crippen LogP contribution in [-0.2, 0) is 0 Å². The molecule has 0 fully saturated rings. The van der Waals surface area contributed by atoms with Crippen molar-refractivity contribution in [3.63, 3.8) is 0 Å². The molecular weight excluding hydrogens is 254 g/mol. The number of hydrogen-bond acceptors (Lipinski definition) is 1. The highest BCUT2D eigenvalue weighted by Gasteiger charge is 2.06. The van der Waals surface area contributed by atoms with E-state index in [1.807, 2.05) is 0 Å². The van der Waals surface area contributed by atoms with Crippen molar-refractivity contribution < 1.29 is 8.78 Å². The van der Waals surface area contributed by atoms with Crippen LogP contribution in [0.1, 0.15) is 0 Å². The summed E-state index contributed by atoms with van der Waals surface area (Å²) in [5, 5.41) is 3.85. The van der Waals surface area contributed by atoms with E-state index in [4.69, 9.17) is 0 Å². The Morgan fingerprint density at radius 3 is 2.29 bits per heavy atom. The topological polar surface area (TPSA) is 17.8 Å². The van der Waals surface area contributed by atoms with Crippen LogP contribution in [0.2, 0.25) is 0 Å². The number of halogens is 3. The van der Waals surface area contributed by atoms with Gasteiger partial charge in [0.25, 0.3) is 0 Å². The van der Waals surface area contributed by atoms with Crippen molar-refractivity contribution in [2.45, 2.75) is 0 Å². The third kappa shape index (κ3) is 1.68. The smallest absolute Gasteiger partial charge is 0.176 e. The highest BCUT2D eigenvalue weighted by molar-refractivity contribution is 9.10. The highest BCUT2D eigenvalue weighted by atomic mass is 79.9. The maximum Gasteiger partial charge on any atom is 0.176 e. The van der Waals surface area contributed by atoms with Gasteiger partial charge in [0.15, 0.2) is 10.4 Å². The molecule has 0 N–H and O–H groups in total. The number of benzene rings is 1. The molecule has 0 saturated carbocycles. The molecule has 2 nitrogen and oxygen atoms in total. The number of aromatic nitrogens is 2. The molecule has 0 unspecified atom stereocenters. The lowest BCUT2D eigenvalue weighted by molar-refractivity contribution is 0.620. The van der Waals surface area contributed by atoms with Crippen molar-refractivity contribution in [1.29, 1.82) is 0 Å². The van der Waals surface area contributed by atoms with Crippen LogP contribution in [0, 0.1) is 11.6 Å². The maximum atomic E-state index is 12.9. The Balaban J connectivity index is 2.44. The van der Waals surface area contributed by atoms with Crippen molar-refractivity contribution in [3.05, 3.63) is 46.7 Å². The van der Waals surface area contributed by atoms with E-state index >= 15 is 0 Å². The summed E-state index contributed by atoms with van der Waals surface area (Å²) in [6.07, 6.45) is 1.22. The molecule has 0 spiro atoms. The minimum absolute atomic E-state index is 0.141. The van der Waals surface area contributed by atoms with Crippen LogP contribution in [0.3, 0.4) is 0 Å². The lowest BCUT2D eigenvalue weighted by Crippen LogP contribution is -1.93. The molecule has 0 bridgehead atoms. The van der Waals surface area contributed by atoms with Gasteiger partial charge in [-0.15, -0.1) is 0 Å². The van der Waals surface area contributed by atoms with Crippen LogP contribution in [0.15, 0.2) is 35.1 Å². The lowest BCUT2D eigenvalue weighted by Gasteiger charge is -1.98. The first kappa shape index (κ1) is 9.33. The molecule has 0 atom stereocenters. The van der Waals surface area contributed by atoms with Gasteiger partial charge in [0.1, 0.15) is 5.82 Å². The standard InChI is InChI=1S/C9H5BrF2N2/c10-9-8(12)5-14(13-9)7-3-1-6(11)2-4-7/h1-5H. The van der Waals surface area contributed by atoms with Crippen LogP contribution in [0.4, 0.5) is 8.78 Å². The second kappa shape index (κ2) is 3.49. The Morgan fingerprint density at radius 2 is 1.79 bits per heavy atom. The van der Waals surface area contributed by atoms with Gasteiger partial charge in [0, 0.05) is 0 Å². The quantitative estimate of drug-likeness (QED) is 0.769. The molecule has 0 aliphatic rings. The summed E-state index contributed by atoms with van der Waals surface area (Å²) in [6, 6.07) is 5.63.